The fourth-order valence-electron chi connectivity index (χ4n) is 4.09. The first kappa shape index (κ1) is 15.8. The number of hydrogen-bond donors (Lipinski definition) is 1. The predicted molar refractivity (Wildman–Crippen MR) is 92.8 cm³/mol. The molecule has 0 unspecified atom stereocenters. The number of aliphatic carboxylic acids is 1. The molecular formula is C18H22N2O3S. The third kappa shape index (κ3) is 2.99. The normalized spacial score (nSPS) is 21.6. The van der Waals surface area contributed by atoms with Crippen LogP contribution in [-0.2, 0) is 11.2 Å². The molecule has 0 aromatic carbocycles. The van der Waals surface area contributed by atoms with Crippen molar-refractivity contribution in [2.75, 3.05) is 0 Å². The van der Waals surface area contributed by atoms with Crippen LogP contribution in [0.25, 0.3) is 10.2 Å². The van der Waals surface area contributed by atoms with Crippen LogP contribution in [0.2, 0.25) is 0 Å². The van der Waals surface area contributed by atoms with Gasteiger partial charge in [0.25, 0.3) is 0 Å². The molecule has 0 bridgehead atoms. The zero-order valence-electron chi connectivity index (χ0n) is 13.7. The fourth-order valence-corrected chi connectivity index (χ4v) is 5.35. The van der Waals surface area contributed by atoms with E-state index in [9.17, 15) is 9.90 Å². The van der Waals surface area contributed by atoms with Gasteiger partial charge in [-0.15, -0.1) is 11.3 Å². The number of aryl methyl sites for hydroxylation is 1. The van der Waals surface area contributed by atoms with Crippen LogP contribution < -0.4 is 4.74 Å². The molecule has 1 saturated carbocycles. The molecule has 4 rings (SSSR count). The Bertz CT molecular complexity index is 752. The summed E-state index contributed by atoms with van der Waals surface area (Å²) in [5.74, 6) is -0.0137. The summed E-state index contributed by atoms with van der Waals surface area (Å²) < 4.78 is 6.25. The SMILES string of the molecule is O=C(O)C[C@@H]1CCCc2sc3ncnc(OC4CCCCC4)c3c21. The van der Waals surface area contributed by atoms with Gasteiger partial charge in [-0.25, -0.2) is 9.97 Å². The summed E-state index contributed by atoms with van der Waals surface area (Å²) in [6.07, 6.45) is 10.8. The van der Waals surface area contributed by atoms with Crippen LogP contribution >= 0.6 is 11.3 Å². The molecule has 0 saturated heterocycles. The standard InChI is InChI=1S/C18H22N2O3S/c21-14(22)9-11-5-4-8-13-15(11)16-17(19-10-20-18(16)24-13)23-12-6-2-1-3-7-12/h10-12H,1-9H2,(H,21,22)/t11-/m0/s1. The minimum atomic E-state index is -0.737. The molecule has 2 aliphatic rings. The molecule has 2 aliphatic carbocycles. The fraction of sp³-hybridized carbons (Fsp3) is 0.611. The van der Waals surface area contributed by atoms with Crippen molar-refractivity contribution in [2.45, 2.75) is 69.8 Å². The third-order valence-corrected chi connectivity index (χ3v) is 6.36. The van der Waals surface area contributed by atoms with Gasteiger partial charge in [-0.2, -0.15) is 0 Å². The van der Waals surface area contributed by atoms with Crippen molar-refractivity contribution >= 4 is 27.5 Å². The lowest BCUT2D eigenvalue weighted by Crippen LogP contribution is -2.20. The molecule has 2 heterocycles. The predicted octanol–water partition coefficient (Wildman–Crippen LogP) is 4.30. The van der Waals surface area contributed by atoms with Crippen LogP contribution in [-0.4, -0.2) is 27.1 Å². The number of aromatic nitrogens is 2. The van der Waals surface area contributed by atoms with E-state index in [-0.39, 0.29) is 18.4 Å². The zero-order chi connectivity index (χ0) is 16.5. The van der Waals surface area contributed by atoms with Gasteiger partial charge in [0.1, 0.15) is 17.3 Å². The van der Waals surface area contributed by atoms with Crippen LogP contribution in [0.1, 0.15) is 67.7 Å². The average molecular weight is 346 g/mol. The number of ether oxygens (including phenoxy) is 1. The maximum atomic E-state index is 11.3. The number of nitrogens with zero attached hydrogens (tertiary/aromatic N) is 2. The molecule has 1 fully saturated rings. The first-order valence-electron chi connectivity index (χ1n) is 8.87. The quantitative estimate of drug-likeness (QED) is 0.893. The van der Waals surface area contributed by atoms with E-state index >= 15 is 0 Å². The molecule has 128 valence electrons. The summed E-state index contributed by atoms with van der Waals surface area (Å²) in [4.78, 5) is 22.3. The Morgan fingerprint density at radius 3 is 2.83 bits per heavy atom. The molecule has 24 heavy (non-hydrogen) atoms. The summed E-state index contributed by atoms with van der Waals surface area (Å²) in [5, 5.41) is 10.3. The molecule has 0 amide bonds. The van der Waals surface area contributed by atoms with Crippen LogP contribution in [0.3, 0.4) is 0 Å². The third-order valence-electron chi connectivity index (χ3n) is 5.18. The average Bonchev–Trinajstić information content (AvgIpc) is 2.96. The maximum Gasteiger partial charge on any atom is 0.303 e. The number of fused-ring (bicyclic) bond motifs is 3. The molecule has 5 nitrogen and oxygen atoms in total. The molecule has 0 spiro atoms. The van der Waals surface area contributed by atoms with E-state index in [1.807, 2.05) is 0 Å². The Balaban J connectivity index is 1.74. The van der Waals surface area contributed by atoms with E-state index in [1.54, 1.807) is 17.7 Å². The lowest BCUT2D eigenvalue weighted by molar-refractivity contribution is -0.137. The first-order valence-corrected chi connectivity index (χ1v) is 9.68. The number of carboxylic acids is 1. The van der Waals surface area contributed by atoms with Crippen molar-refractivity contribution in [1.82, 2.24) is 9.97 Å². The van der Waals surface area contributed by atoms with Crippen molar-refractivity contribution in [3.63, 3.8) is 0 Å². The largest absolute Gasteiger partial charge is 0.481 e. The van der Waals surface area contributed by atoms with E-state index in [0.717, 1.165) is 47.9 Å². The van der Waals surface area contributed by atoms with Crippen molar-refractivity contribution < 1.29 is 14.6 Å². The number of rotatable bonds is 4. The second-order valence-corrected chi connectivity index (χ2v) is 7.95. The van der Waals surface area contributed by atoms with Crippen molar-refractivity contribution in [2.24, 2.45) is 0 Å². The summed E-state index contributed by atoms with van der Waals surface area (Å²) >= 11 is 1.68. The highest BCUT2D eigenvalue weighted by Crippen LogP contribution is 2.46. The Kier molecular flexibility index (Phi) is 4.39. The number of hydrogen-bond acceptors (Lipinski definition) is 5. The van der Waals surface area contributed by atoms with Crippen LogP contribution in [0.5, 0.6) is 5.88 Å². The van der Waals surface area contributed by atoms with Gasteiger partial charge < -0.3 is 9.84 Å². The van der Waals surface area contributed by atoms with Crippen molar-refractivity contribution in [3.05, 3.63) is 16.8 Å². The Morgan fingerprint density at radius 1 is 1.21 bits per heavy atom. The highest BCUT2D eigenvalue weighted by Gasteiger charge is 2.30. The van der Waals surface area contributed by atoms with Crippen LogP contribution in [0.4, 0.5) is 0 Å². The van der Waals surface area contributed by atoms with Gasteiger partial charge in [-0.3, -0.25) is 4.79 Å². The first-order chi connectivity index (χ1) is 11.7. The zero-order valence-corrected chi connectivity index (χ0v) is 14.5. The Labute approximate surface area is 145 Å². The minimum absolute atomic E-state index is 0.0553. The molecule has 1 N–H and O–H groups in total. The van der Waals surface area contributed by atoms with E-state index in [4.69, 9.17) is 4.74 Å². The van der Waals surface area contributed by atoms with Crippen molar-refractivity contribution in [3.8, 4) is 5.88 Å². The second kappa shape index (κ2) is 6.67. The number of carbonyl (C=O) groups is 1. The van der Waals surface area contributed by atoms with E-state index in [0.29, 0.717) is 5.88 Å². The van der Waals surface area contributed by atoms with Crippen LogP contribution in [0.15, 0.2) is 6.33 Å². The van der Waals surface area contributed by atoms with E-state index in [1.165, 1.54) is 24.1 Å². The second-order valence-electron chi connectivity index (χ2n) is 6.86. The van der Waals surface area contributed by atoms with Gasteiger partial charge in [0.2, 0.25) is 5.88 Å². The molecule has 0 radical (unpaired) electrons. The Hall–Kier alpha value is -1.69. The highest BCUT2D eigenvalue weighted by molar-refractivity contribution is 7.18. The van der Waals surface area contributed by atoms with Gasteiger partial charge >= 0.3 is 5.97 Å². The number of thiophene rings is 1. The van der Waals surface area contributed by atoms with Gasteiger partial charge in [0.15, 0.2) is 0 Å². The topological polar surface area (TPSA) is 72.3 Å². The van der Waals surface area contributed by atoms with E-state index in [2.05, 4.69) is 9.97 Å². The smallest absolute Gasteiger partial charge is 0.303 e. The lowest BCUT2D eigenvalue weighted by Gasteiger charge is -2.24. The lowest BCUT2D eigenvalue weighted by atomic mass is 9.84. The Morgan fingerprint density at radius 2 is 2.04 bits per heavy atom. The summed E-state index contributed by atoms with van der Waals surface area (Å²) in [6, 6.07) is 0. The monoisotopic (exact) mass is 346 g/mol. The van der Waals surface area contributed by atoms with Crippen molar-refractivity contribution in [1.29, 1.82) is 0 Å². The summed E-state index contributed by atoms with van der Waals surface area (Å²) in [7, 11) is 0. The van der Waals surface area contributed by atoms with Gasteiger partial charge in [0.05, 0.1) is 11.8 Å². The maximum absolute atomic E-state index is 11.3. The highest BCUT2D eigenvalue weighted by atomic mass is 32.1. The molecule has 0 aliphatic heterocycles. The molecular weight excluding hydrogens is 324 g/mol. The molecule has 1 atom stereocenters. The molecule has 6 heteroatoms. The molecule has 2 aromatic heterocycles. The van der Waals surface area contributed by atoms with Gasteiger partial charge in [-0.1, -0.05) is 6.42 Å². The van der Waals surface area contributed by atoms with E-state index < -0.39 is 5.97 Å². The van der Waals surface area contributed by atoms with Gasteiger partial charge in [-0.05, 0) is 56.4 Å². The van der Waals surface area contributed by atoms with Crippen LogP contribution in [0, 0.1) is 0 Å². The molecule has 2 aromatic rings. The minimum Gasteiger partial charge on any atom is -0.481 e. The number of carboxylic acid groups (broad SMARTS) is 1. The van der Waals surface area contributed by atoms with Gasteiger partial charge in [0, 0.05) is 4.88 Å². The summed E-state index contributed by atoms with van der Waals surface area (Å²) in [6.45, 7) is 0. The summed E-state index contributed by atoms with van der Waals surface area (Å²) in [5.41, 5.74) is 1.15.